The summed E-state index contributed by atoms with van der Waals surface area (Å²) in [4.78, 5) is 90.1. The summed E-state index contributed by atoms with van der Waals surface area (Å²) in [5, 5.41) is 24.6. The molecule has 0 spiro atoms. The molecule has 1 aromatic rings. The van der Waals surface area contributed by atoms with Gasteiger partial charge in [0.15, 0.2) is 0 Å². The minimum atomic E-state index is -0.355. The van der Waals surface area contributed by atoms with Gasteiger partial charge in [0.2, 0.25) is 23.6 Å². The molecule has 7 aliphatic heterocycles. The number of thioether (sulfide) groups is 2. The number of carbonyl (C=O) groups is 6. The number of allylic oxidation sites excluding steroid dienone is 5. The largest absolute Gasteiger partial charge is 0.389 e. The first-order valence-corrected chi connectivity index (χ1v) is 50.2. The van der Waals surface area contributed by atoms with E-state index in [2.05, 4.69) is 220 Å². The maximum Gasteiger partial charge on any atom is 0.328 e. The van der Waals surface area contributed by atoms with Gasteiger partial charge in [0, 0.05) is 126 Å². The summed E-state index contributed by atoms with van der Waals surface area (Å²) in [6, 6.07) is 1.42. The third kappa shape index (κ3) is 77.1. The minimum Gasteiger partial charge on any atom is -0.389 e. The van der Waals surface area contributed by atoms with Gasteiger partial charge in [-0.3, -0.25) is 43.1 Å². The van der Waals surface area contributed by atoms with Gasteiger partial charge in [0.25, 0.3) is 5.56 Å². The average Bonchev–Trinajstić information content (AvgIpc) is 1.87. The number of piperidine rings is 4. The molecule has 8 unspecified atom stereocenters. The van der Waals surface area contributed by atoms with Crippen LogP contribution >= 0.6 is 23.5 Å². The van der Waals surface area contributed by atoms with Crippen molar-refractivity contribution < 1.29 is 28.8 Å². The molecule has 9 aliphatic rings. The zero-order chi connectivity index (χ0) is 98.3. The zero-order valence-electron chi connectivity index (χ0n) is 87.7. The Morgan fingerprint density at radius 3 is 0.821 bits per heavy atom. The van der Waals surface area contributed by atoms with Gasteiger partial charge in [-0.05, 0) is 156 Å². The summed E-state index contributed by atoms with van der Waals surface area (Å²) in [6.07, 6.45) is 18.8. The number of H-pyrrole nitrogens is 1. The van der Waals surface area contributed by atoms with Crippen molar-refractivity contribution >= 4 is 58.7 Å². The Balaban J connectivity index is -0.000000108. The molecule has 1 aromatic heterocycles. The standard InChI is InChI=1S/3C9H15NO.C9H17N.C9H16O.C8H13NO.C7H10N2O2.2C7H13NS.C5H8O.C4H10.10C2H6.CH4/c3*1-6(2)8-5-4-7(3)10-9(8)11;1-7(2)9-5-4-8(3)10-6-9;1-7(2)8-5-3-4-6-9(8)10;1-5(2)7-4-6(3)9-8(7)10;1-5(2)9-4-3-6(10)8-7(9)11;2*1-5(2)7-4-8-6(3)9-7;6-5-3-1-2-4-5;1-4(2)3;10*1-2;/h3*6,8H,3-5H2,1-2H3,(H,10,11);7,9-10H,3-6H2,1-2H3;7-8H,3-6H2,1-2H3;5,7H,3-4H2,1-2H3,(H,9,10);3-5H,1-2H3,(H,8,10,11);2*5,7-8H,3-4H2,1-2H3;1-4H2;4H,1-3H3;10*1-2H3;1H4. The van der Waals surface area contributed by atoms with Gasteiger partial charge in [-0.2, -0.15) is 0 Å². The lowest BCUT2D eigenvalue weighted by Gasteiger charge is -2.27. The Labute approximate surface area is 772 Å². The molecule has 730 valence electrons. The van der Waals surface area contributed by atoms with Crippen molar-refractivity contribution in [3.05, 3.63) is 118 Å². The van der Waals surface area contributed by atoms with Crippen LogP contribution in [0.4, 0.5) is 0 Å². The van der Waals surface area contributed by atoms with E-state index in [1.165, 1.54) is 41.8 Å². The lowest BCUT2D eigenvalue weighted by molar-refractivity contribution is -0.127. The number of hydrogen-bond donors (Lipinski definition) is 8. The van der Waals surface area contributed by atoms with Gasteiger partial charge in [0.05, 0.1) is 10.1 Å². The first-order valence-electron chi connectivity index (χ1n) is 48.4. The molecular formula is C104H209N9O8S2. The quantitative estimate of drug-likeness (QED) is 0.115. The highest BCUT2D eigenvalue weighted by atomic mass is 32.2. The summed E-state index contributed by atoms with van der Waals surface area (Å²) >= 11 is 3.74. The summed E-state index contributed by atoms with van der Waals surface area (Å²) in [5.41, 5.74) is 3.98. The average molecular weight is 1780 g/mol. The Kier molecular flexibility index (Phi) is 109. The number of nitrogens with zero attached hydrogens (tertiary/aromatic N) is 1. The van der Waals surface area contributed by atoms with Crippen molar-refractivity contribution in [2.75, 3.05) is 19.6 Å². The van der Waals surface area contributed by atoms with E-state index in [-0.39, 0.29) is 72.0 Å². The maximum atomic E-state index is 11.3. The molecule has 0 aromatic carbocycles. The summed E-state index contributed by atoms with van der Waals surface area (Å²) < 4.78 is 1.46. The van der Waals surface area contributed by atoms with Crippen LogP contribution in [0, 0.1) is 88.8 Å². The summed E-state index contributed by atoms with van der Waals surface area (Å²) in [6.45, 7) is 115. The second kappa shape index (κ2) is 93.8. The number of ketones is 2. The molecule has 17 nitrogen and oxygen atoms in total. The third-order valence-electron chi connectivity index (χ3n) is 18.9. The number of carbonyl (C=O) groups excluding carboxylic acids is 6. The lowest BCUT2D eigenvalue weighted by Crippen LogP contribution is -2.37. The van der Waals surface area contributed by atoms with E-state index < -0.39 is 0 Å². The SMILES string of the molecule is C.C=C1CC(C(C)C)C(=O)N1.C=C1CCC(C(C)C)C(=O)N1.C=C1CCC(C(C)C)C(=O)N1.C=C1CCC(C(C)C)C(=O)N1.C=C1CCC(C(C)C)CN1.C=C1NCC(C(C)C)S1.C=C1NCC(C(C)C)S1.CC.CC.CC.CC.CC.CC.CC.CC.CC.CC.CC(C)C.CC(C)C1CCCCC1=O.CC(C)n1ccc(=O)[nH]c1=O.O=C1CCCC1. The van der Waals surface area contributed by atoms with Gasteiger partial charge >= 0.3 is 5.69 Å². The van der Waals surface area contributed by atoms with Gasteiger partial charge in [-0.1, -0.05) is 330 Å². The van der Waals surface area contributed by atoms with Crippen LogP contribution in [0.15, 0.2) is 106 Å². The predicted octanol–water partition coefficient (Wildman–Crippen LogP) is 28.3. The number of aromatic amines is 1. The first-order chi connectivity index (χ1) is 57.5. The van der Waals surface area contributed by atoms with Crippen molar-refractivity contribution in [2.45, 2.75) is 417 Å². The lowest BCUT2D eigenvalue weighted by atomic mass is 9.81. The molecule has 2 saturated carbocycles. The van der Waals surface area contributed by atoms with Crippen molar-refractivity contribution in [3.8, 4) is 0 Å². The Bertz CT molecular complexity index is 2790. The normalized spacial score (nSPS) is 20.1. The van der Waals surface area contributed by atoms with Gasteiger partial charge < -0.3 is 37.2 Å². The number of aromatic nitrogens is 2. The fraction of sp³-hybridized carbons (Fsp3) is 0.769. The van der Waals surface area contributed by atoms with Gasteiger partial charge in [0.1, 0.15) is 11.6 Å². The third-order valence-corrected chi connectivity index (χ3v) is 21.8. The number of Topliss-reactive ketones (excluding diaryl/α,β-unsaturated/α-hetero) is 2. The highest BCUT2D eigenvalue weighted by Crippen LogP contribution is 2.32. The van der Waals surface area contributed by atoms with E-state index in [4.69, 9.17) is 0 Å². The van der Waals surface area contributed by atoms with Crippen molar-refractivity contribution in [3.63, 3.8) is 0 Å². The van der Waals surface area contributed by atoms with Crippen LogP contribution in [0.1, 0.15) is 406 Å². The number of rotatable bonds is 9. The molecule has 8 heterocycles. The molecule has 7 saturated heterocycles. The smallest absolute Gasteiger partial charge is 0.328 e. The van der Waals surface area contributed by atoms with Crippen LogP contribution in [0.3, 0.4) is 0 Å². The Hall–Kier alpha value is -5.82. The van der Waals surface area contributed by atoms with E-state index >= 15 is 0 Å². The Morgan fingerprint density at radius 1 is 0.333 bits per heavy atom. The summed E-state index contributed by atoms with van der Waals surface area (Å²) in [5.74, 6) is 9.05. The van der Waals surface area contributed by atoms with Crippen molar-refractivity contribution in [1.29, 1.82) is 0 Å². The molecule has 123 heavy (non-hydrogen) atoms. The number of nitrogens with one attached hydrogen (secondary N) is 8. The molecule has 8 atom stereocenters. The van der Waals surface area contributed by atoms with Crippen molar-refractivity contribution in [2.24, 2.45) is 88.8 Å². The molecule has 8 N–H and O–H groups in total. The van der Waals surface area contributed by atoms with Gasteiger partial charge in [-0.25, -0.2) is 4.79 Å². The molecule has 10 rings (SSSR count). The fourth-order valence-corrected chi connectivity index (χ4v) is 13.9. The second-order valence-corrected chi connectivity index (χ2v) is 34.8. The van der Waals surface area contributed by atoms with E-state index in [1.807, 2.05) is 176 Å². The fourth-order valence-electron chi connectivity index (χ4n) is 11.9. The molecule has 0 bridgehead atoms. The highest BCUT2D eigenvalue weighted by molar-refractivity contribution is 8.04. The van der Waals surface area contributed by atoms with E-state index in [1.54, 1.807) is 0 Å². The number of amides is 4. The topological polar surface area (TPSA) is 241 Å². The molecule has 9 fully saturated rings. The van der Waals surface area contributed by atoms with Gasteiger partial charge in [-0.15, -0.1) is 23.5 Å². The number of hydrogen-bond acceptors (Lipinski definition) is 13. The highest BCUT2D eigenvalue weighted by Gasteiger charge is 2.31. The predicted molar refractivity (Wildman–Crippen MR) is 554 cm³/mol. The van der Waals surface area contributed by atoms with E-state index in [0.29, 0.717) is 47.1 Å². The van der Waals surface area contributed by atoms with Crippen LogP contribution in [0.2, 0.25) is 0 Å². The van der Waals surface area contributed by atoms with E-state index in [9.17, 15) is 38.4 Å². The molecule has 19 heteroatoms. The molecule has 2 aliphatic carbocycles. The minimum absolute atomic E-state index is 0. The monoisotopic (exact) mass is 1780 g/mol. The molecule has 0 radical (unpaired) electrons. The summed E-state index contributed by atoms with van der Waals surface area (Å²) in [7, 11) is 0. The van der Waals surface area contributed by atoms with Crippen molar-refractivity contribution in [1.82, 2.24) is 46.8 Å². The van der Waals surface area contributed by atoms with Crippen LogP contribution in [-0.4, -0.2) is 74.9 Å². The van der Waals surface area contributed by atoms with Crippen LogP contribution in [0.25, 0.3) is 0 Å². The molecular weight excluding hydrogens is 1570 g/mol. The van der Waals surface area contributed by atoms with Crippen LogP contribution in [-0.2, 0) is 28.8 Å². The first kappa shape index (κ1) is 143. The Morgan fingerprint density at radius 2 is 0.634 bits per heavy atom. The second-order valence-electron chi connectivity index (χ2n) is 32.2. The van der Waals surface area contributed by atoms with Crippen LogP contribution in [0.5, 0.6) is 0 Å². The zero-order valence-corrected chi connectivity index (χ0v) is 89.3. The van der Waals surface area contributed by atoms with Crippen LogP contribution < -0.4 is 48.5 Å². The molecule has 4 amide bonds. The van der Waals surface area contributed by atoms with E-state index in [0.717, 1.165) is 182 Å². The maximum absolute atomic E-state index is 11.3.